The first-order chi connectivity index (χ1) is 14.7. The van der Waals surface area contributed by atoms with Crippen LogP contribution in [-0.2, 0) is 13.0 Å². The first-order valence-corrected chi connectivity index (χ1v) is 11.4. The Kier molecular flexibility index (Phi) is 5.02. The minimum Gasteiger partial charge on any atom is -0.494 e. The lowest BCUT2D eigenvalue weighted by Crippen LogP contribution is -2.13. The van der Waals surface area contributed by atoms with Gasteiger partial charge >= 0.3 is 4.87 Å². The van der Waals surface area contributed by atoms with Gasteiger partial charge in [-0.2, -0.15) is 0 Å². The zero-order valence-electron chi connectivity index (χ0n) is 16.1. The maximum Gasteiger partial charge on any atom is 0.310 e. The van der Waals surface area contributed by atoms with Crippen molar-refractivity contribution in [2.24, 2.45) is 0 Å². The molecule has 6 heteroatoms. The number of aromatic nitrogens is 1. The van der Waals surface area contributed by atoms with E-state index in [-0.39, 0.29) is 10.8 Å². The van der Waals surface area contributed by atoms with E-state index in [1.165, 1.54) is 26.3 Å². The van der Waals surface area contributed by atoms with E-state index < -0.39 is 0 Å². The molecule has 0 unspecified atom stereocenters. The Balaban J connectivity index is 1.34. The van der Waals surface area contributed by atoms with Gasteiger partial charge in [-0.3, -0.25) is 9.36 Å². The molecule has 0 aliphatic heterocycles. The van der Waals surface area contributed by atoms with E-state index in [1.807, 2.05) is 23.6 Å². The number of fused-ring (bicyclic) bond motifs is 2. The van der Waals surface area contributed by atoms with Crippen LogP contribution in [0.1, 0.15) is 11.1 Å². The Labute approximate surface area is 181 Å². The molecule has 5 aromatic rings. The molecule has 0 radical (unpaired) electrons. The van der Waals surface area contributed by atoms with Crippen LogP contribution < -0.4 is 9.61 Å². The van der Waals surface area contributed by atoms with Crippen molar-refractivity contribution < 1.29 is 9.84 Å². The lowest BCUT2D eigenvalue weighted by molar-refractivity contribution is 0.326. The number of ether oxygens (including phenoxy) is 1. The zero-order chi connectivity index (χ0) is 20.5. The Morgan fingerprint density at radius 3 is 2.67 bits per heavy atom. The van der Waals surface area contributed by atoms with Crippen LogP contribution in [0.25, 0.3) is 20.9 Å². The highest BCUT2D eigenvalue weighted by molar-refractivity contribution is 7.17. The summed E-state index contributed by atoms with van der Waals surface area (Å²) >= 11 is 2.63. The quantitative estimate of drug-likeness (QED) is 0.376. The predicted molar refractivity (Wildman–Crippen MR) is 124 cm³/mol. The minimum absolute atomic E-state index is 0.00502. The van der Waals surface area contributed by atoms with Crippen LogP contribution >= 0.6 is 22.7 Å². The summed E-state index contributed by atoms with van der Waals surface area (Å²) in [5, 5.41) is 16.9. The van der Waals surface area contributed by atoms with Crippen LogP contribution in [0.5, 0.6) is 11.6 Å². The summed E-state index contributed by atoms with van der Waals surface area (Å²) in [5.74, 6) is 0.850. The number of benzene rings is 3. The van der Waals surface area contributed by atoms with Crippen LogP contribution in [0.3, 0.4) is 0 Å². The van der Waals surface area contributed by atoms with Gasteiger partial charge in [0, 0.05) is 16.5 Å². The summed E-state index contributed by atoms with van der Waals surface area (Å²) in [6.07, 6.45) is 0.830. The maximum atomic E-state index is 11.9. The highest BCUT2D eigenvalue weighted by atomic mass is 32.1. The highest BCUT2D eigenvalue weighted by Crippen LogP contribution is 2.34. The number of hydrogen-bond acceptors (Lipinski definition) is 5. The molecule has 3 aromatic carbocycles. The fourth-order valence-electron chi connectivity index (χ4n) is 3.66. The van der Waals surface area contributed by atoms with E-state index >= 15 is 0 Å². The molecule has 0 saturated carbocycles. The zero-order valence-corrected chi connectivity index (χ0v) is 17.7. The van der Waals surface area contributed by atoms with E-state index in [9.17, 15) is 9.90 Å². The summed E-state index contributed by atoms with van der Waals surface area (Å²) in [6, 6.07) is 20.9. The van der Waals surface area contributed by atoms with Gasteiger partial charge in [0.25, 0.3) is 0 Å². The van der Waals surface area contributed by atoms with Gasteiger partial charge in [0.2, 0.25) is 5.88 Å². The first-order valence-electron chi connectivity index (χ1n) is 9.66. The van der Waals surface area contributed by atoms with Crippen molar-refractivity contribution >= 4 is 43.5 Å². The lowest BCUT2D eigenvalue weighted by atomic mass is 10.1. The van der Waals surface area contributed by atoms with Gasteiger partial charge in [0.15, 0.2) is 0 Å². The van der Waals surface area contributed by atoms with Crippen molar-refractivity contribution in [3.63, 3.8) is 0 Å². The molecule has 0 bridgehead atoms. The largest absolute Gasteiger partial charge is 0.494 e. The Morgan fingerprint density at radius 1 is 0.967 bits per heavy atom. The highest BCUT2D eigenvalue weighted by Gasteiger charge is 2.12. The van der Waals surface area contributed by atoms with Gasteiger partial charge in [-0.15, -0.1) is 11.3 Å². The number of rotatable bonds is 6. The molecule has 0 aliphatic carbocycles. The van der Waals surface area contributed by atoms with Gasteiger partial charge in [-0.25, -0.2) is 0 Å². The first kappa shape index (κ1) is 18.9. The fourth-order valence-corrected chi connectivity index (χ4v) is 5.20. The SMILES string of the molecule is O=c1scc(O)n1Cc1ccc(OCCc2ccc3ccccc3c2)c2ccsc12. The third-order valence-corrected chi connectivity index (χ3v) is 6.95. The van der Waals surface area contributed by atoms with Gasteiger partial charge in [0.05, 0.1) is 18.5 Å². The Morgan fingerprint density at radius 2 is 1.83 bits per heavy atom. The topological polar surface area (TPSA) is 51.5 Å². The van der Waals surface area contributed by atoms with Crippen LogP contribution in [0.4, 0.5) is 0 Å². The van der Waals surface area contributed by atoms with E-state index in [0.717, 1.165) is 39.2 Å². The van der Waals surface area contributed by atoms with Crippen LogP contribution in [-0.4, -0.2) is 16.3 Å². The maximum absolute atomic E-state index is 11.9. The van der Waals surface area contributed by atoms with Crippen LogP contribution in [0, 0.1) is 0 Å². The Bertz CT molecular complexity index is 1400. The molecule has 0 amide bonds. The molecule has 0 fully saturated rings. The molecule has 4 nitrogen and oxygen atoms in total. The molecule has 30 heavy (non-hydrogen) atoms. The van der Waals surface area contributed by atoms with Crippen LogP contribution in [0.2, 0.25) is 0 Å². The average molecular weight is 434 g/mol. The van der Waals surface area contributed by atoms with E-state index in [0.29, 0.717) is 13.2 Å². The molecule has 0 atom stereocenters. The second-order valence-corrected chi connectivity index (χ2v) is 8.85. The lowest BCUT2D eigenvalue weighted by Gasteiger charge is -2.11. The van der Waals surface area contributed by atoms with Crippen molar-refractivity contribution in [2.75, 3.05) is 6.61 Å². The minimum atomic E-state index is -0.159. The third-order valence-electron chi connectivity index (χ3n) is 5.21. The molecule has 150 valence electrons. The van der Waals surface area contributed by atoms with Gasteiger partial charge in [0.1, 0.15) is 5.75 Å². The second kappa shape index (κ2) is 7.97. The van der Waals surface area contributed by atoms with Gasteiger partial charge < -0.3 is 9.84 Å². The summed E-state index contributed by atoms with van der Waals surface area (Å²) in [7, 11) is 0. The van der Waals surface area contributed by atoms with Gasteiger partial charge in [-0.05, 0) is 39.4 Å². The Hall–Kier alpha value is -3.09. The number of thiazole rings is 1. The molecule has 0 spiro atoms. The van der Waals surface area contributed by atoms with Crippen molar-refractivity contribution in [1.29, 1.82) is 0 Å². The van der Waals surface area contributed by atoms with E-state index in [2.05, 4.69) is 42.5 Å². The van der Waals surface area contributed by atoms with E-state index in [4.69, 9.17) is 4.74 Å². The van der Waals surface area contributed by atoms with Crippen molar-refractivity contribution in [3.8, 4) is 11.6 Å². The summed E-state index contributed by atoms with van der Waals surface area (Å²) in [5.41, 5.74) is 2.25. The molecule has 2 aromatic heterocycles. The average Bonchev–Trinajstić information content (AvgIpc) is 3.38. The molecule has 2 heterocycles. The molecule has 0 aliphatic rings. The summed E-state index contributed by atoms with van der Waals surface area (Å²) < 4.78 is 8.59. The molecule has 1 N–H and O–H groups in total. The van der Waals surface area contributed by atoms with Crippen LogP contribution in [0.15, 0.2) is 76.2 Å². The number of thiophene rings is 1. The molecule has 5 rings (SSSR count). The molecule has 0 saturated heterocycles. The normalized spacial score (nSPS) is 11.3. The fraction of sp³-hybridized carbons (Fsp3) is 0.125. The monoisotopic (exact) mass is 433 g/mol. The van der Waals surface area contributed by atoms with Crippen molar-refractivity contribution in [2.45, 2.75) is 13.0 Å². The predicted octanol–water partition coefficient (Wildman–Crippen LogP) is 5.65. The second-order valence-electron chi connectivity index (χ2n) is 7.11. The third kappa shape index (κ3) is 3.60. The number of aromatic hydroxyl groups is 1. The van der Waals surface area contributed by atoms with Gasteiger partial charge in [-0.1, -0.05) is 59.9 Å². The van der Waals surface area contributed by atoms with E-state index in [1.54, 1.807) is 11.3 Å². The smallest absolute Gasteiger partial charge is 0.310 e. The summed E-state index contributed by atoms with van der Waals surface area (Å²) in [4.78, 5) is 11.8. The van der Waals surface area contributed by atoms with Crippen molar-refractivity contribution in [3.05, 3.63) is 92.2 Å². The number of nitrogens with zero attached hydrogens (tertiary/aromatic N) is 1. The number of hydrogen-bond donors (Lipinski definition) is 1. The standard InChI is InChI=1S/C24H19NO3S2/c26-22-15-30-24(27)25(22)14-19-7-8-21(20-10-12-29-23(19)20)28-11-9-16-5-6-17-3-1-2-4-18(17)13-16/h1-8,10,12-13,15,26H,9,11,14H2. The molecular weight excluding hydrogens is 414 g/mol. The molecular formula is C24H19NO3S2. The van der Waals surface area contributed by atoms with Crippen molar-refractivity contribution in [1.82, 2.24) is 4.57 Å². The summed E-state index contributed by atoms with van der Waals surface area (Å²) in [6.45, 7) is 0.940.